The maximum absolute atomic E-state index is 3.00. The first-order valence-electron chi connectivity index (χ1n) is 13.2. The molecule has 0 rings (SSSR count). The molecule has 0 saturated heterocycles. The topological polar surface area (TPSA) is 0 Å². The number of rotatable bonds is 0. The molecule has 0 aromatic heterocycles. The Labute approximate surface area is 197 Å². The van der Waals surface area contributed by atoms with Gasteiger partial charge in [0.1, 0.15) is 0 Å². The molecule has 0 atom stereocenters. The van der Waals surface area contributed by atoms with Crippen molar-refractivity contribution in [3.8, 4) is 0 Å². The van der Waals surface area contributed by atoms with E-state index in [0.29, 0.717) is 0 Å². The lowest BCUT2D eigenvalue weighted by atomic mass is 10.3. The van der Waals surface area contributed by atoms with Crippen LogP contribution in [0.3, 0.4) is 0 Å². The summed E-state index contributed by atoms with van der Waals surface area (Å²) in [5.41, 5.74) is 1.38. The van der Waals surface area contributed by atoms with E-state index in [9.17, 15) is 0 Å². The van der Waals surface area contributed by atoms with Gasteiger partial charge >= 0.3 is 0 Å². The van der Waals surface area contributed by atoms with Crippen molar-refractivity contribution in [2.75, 3.05) is 0 Å². The third-order valence-electron chi connectivity index (χ3n) is 0.577. The van der Waals surface area contributed by atoms with Crippen molar-refractivity contribution in [2.45, 2.75) is 172 Å². The molecule has 0 aromatic carbocycles. The Kier molecular flexibility index (Phi) is 1750. The smallest absolute Gasteiger partial charge is 0.0442 e. The van der Waals surface area contributed by atoms with Gasteiger partial charge in [0, 0.05) is 0 Å². The number of hydrogen-bond acceptors (Lipinski definition) is 0. The maximum Gasteiger partial charge on any atom is -0.0442 e. The van der Waals surface area contributed by atoms with Crippen LogP contribution in [-0.4, -0.2) is 0 Å². The first-order valence-corrected chi connectivity index (χ1v) is 13.2. The fourth-order valence-corrected chi connectivity index (χ4v) is 0. The van der Waals surface area contributed by atoms with Crippen molar-refractivity contribution < 1.29 is 0 Å². The molecule has 0 heterocycles. The molecule has 0 unspecified atom stereocenters. The van der Waals surface area contributed by atoms with E-state index in [1.807, 2.05) is 118 Å². The zero-order valence-electron chi connectivity index (χ0n) is 26.9. The molecule has 0 radical (unpaired) electrons. The SMILES string of the molecule is C=C.CC.CC.CC.CC.CC.CC.CC.CC.CC=C(C)C.CCC.CCC. The Morgan fingerprint density at radius 3 is 0.483 bits per heavy atom. The zero-order chi connectivity index (χ0) is 27.7. The van der Waals surface area contributed by atoms with E-state index in [-0.39, 0.29) is 0 Å². The molecule has 29 heavy (non-hydrogen) atoms. The highest BCUT2D eigenvalue weighted by molar-refractivity contribution is 4.88. The van der Waals surface area contributed by atoms with Gasteiger partial charge < -0.3 is 0 Å². The zero-order valence-corrected chi connectivity index (χ0v) is 26.9. The van der Waals surface area contributed by atoms with Crippen molar-refractivity contribution in [3.63, 3.8) is 0 Å². The fourth-order valence-electron chi connectivity index (χ4n) is 0. The van der Waals surface area contributed by atoms with Crippen LogP contribution in [0.4, 0.5) is 0 Å². The molecule has 0 heteroatoms. The van der Waals surface area contributed by atoms with Gasteiger partial charge in [-0.25, -0.2) is 0 Å². The molecule has 0 saturated carbocycles. The van der Waals surface area contributed by atoms with Crippen molar-refractivity contribution in [1.29, 1.82) is 0 Å². The minimum absolute atomic E-state index is 1.25. The molecular weight excluding hydrogens is 348 g/mol. The summed E-state index contributed by atoms with van der Waals surface area (Å²) in [7, 11) is 0. The molecule has 0 bridgehead atoms. The molecule has 0 aromatic rings. The van der Waals surface area contributed by atoms with Crippen molar-refractivity contribution >= 4 is 0 Å². The van der Waals surface area contributed by atoms with Gasteiger partial charge in [0.25, 0.3) is 0 Å². The van der Waals surface area contributed by atoms with Crippen LogP contribution >= 0.6 is 0 Å². The Morgan fingerprint density at radius 2 is 0.483 bits per heavy atom. The third kappa shape index (κ3) is 8150. The summed E-state index contributed by atoms with van der Waals surface area (Å²) < 4.78 is 0. The molecule has 194 valence electrons. The minimum atomic E-state index is 1.25. The quantitative estimate of drug-likeness (QED) is 0.338. The second kappa shape index (κ2) is 642. The Bertz CT molecular complexity index is 64.1. The summed E-state index contributed by atoms with van der Waals surface area (Å²) in [5, 5.41) is 0. The van der Waals surface area contributed by atoms with E-state index >= 15 is 0 Å². The van der Waals surface area contributed by atoms with Gasteiger partial charge in [-0.1, -0.05) is 163 Å². The van der Waals surface area contributed by atoms with Gasteiger partial charge in [-0.05, 0) is 20.8 Å². The second-order valence-corrected chi connectivity index (χ2v) is 2.78. The van der Waals surface area contributed by atoms with E-state index in [0.717, 1.165) is 0 Å². The molecule has 0 N–H and O–H groups in total. The summed E-state index contributed by atoms with van der Waals surface area (Å²) in [6.45, 7) is 52.7. The average molecular weight is 427 g/mol. The Balaban J connectivity index is -0.0000000111. The maximum atomic E-state index is 3.00. The largest absolute Gasteiger partial charge is 0.106 e. The van der Waals surface area contributed by atoms with Crippen molar-refractivity contribution in [1.82, 2.24) is 0 Å². The lowest BCUT2D eigenvalue weighted by molar-refractivity contribution is 1.09. The van der Waals surface area contributed by atoms with Crippen LogP contribution in [0.5, 0.6) is 0 Å². The predicted molar refractivity (Wildman–Crippen MR) is 159 cm³/mol. The molecule has 0 aliphatic carbocycles. The lowest BCUT2D eigenvalue weighted by Crippen LogP contribution is -1.52. The molecule has 0 fully saturated rings. The first kappa shape index (κ1) is 79.2. The lowest BCUT2D eigenvalue weighted by Gasteiger charge is -1.74. The normalized spacial score (nSPS) is 4.24. The fraction of sp³-hybridized carbons (Fsp3) is 0.862. The average Bonchev–Trinajstić information content (AvgIpc) is 2.86. The molecule has 0 nitrogen and oxygen atoms in total. The summed E-state index contributed by atoms with van der Waals surface area (Å²) in [6, 6.07) is 0. The molecular formula is C29H78. The first-order chi connectivity index (χ1) is 14.1. The highest BCUT2D eigenvalue weighted by Crippen LogP contribution is 1.82. The Morgan fingerprint density at radius 1 is 0.448 bits per heavy atom. The summed E-state index contributed by atoms with van der Waals surface area (Å²) in [6.07, 6.45) is 4.58. The predicted octanol–water partition coefficient (Wildman–Crippen LogP) is 13.8. The van der Waals surface area contributed by atoms with Crippen LogP contribution in [0.15, 0.2) is 24.8 Å². The number of allylic oxidation sites excluding steroid dienone is 2. The van der Waals surface area contributed by atoms with Gasteiger partial charge in [0.2, 0.25) is 0 Å². The third-order valence-corrected chi connectivity index (χ3v) is 0.577. The molecule has 0 aliphatic heterocycles. The van der Waals surface area contributed by atoms with Crippen LogP contribution in [0.25, 0.3) is 0 Å². The van der Waals surface area contributed by atoms with Crippen molar-refractivity contribution in [3.05, 3.63) is 24.8 Å². The molecule has 0 amide bonds. The minimum Gasteiger partial charge on any atom is -0.106 e. The monoisotopic (exact) mass is 427 g/mol. The standard InChI is InChI=1S/C5H10.2C3H8.8C2H6.C2H4/c1-4-5(2)3;2*1-3-2;9*1-2/h4H,1-3H3;2*3H2,1-2H3;8*1-2H3;1-2H2. The van der Waals surface area contributed by atoms with Crippen LogP contribution in [-0.2, 0) is 0 Å². The Hall–Kier alpha value is -0.520. The van der Waals surface area contributed by atoms with Gasteiger partial charge in [0.05, 0.1) is 0 Å². The summed E-state index contributed by atoms with van der Waals surface area (Å²) in [5.74, 6) is 0. The van der Waals surface area contributed by atoms with E-state index in [2.05, 4.69) is 60.8 Å². The van der Waals surface area contributed by atoms with Crippen LogP contribution in [0.2, 0.25) is 0 Å². The highest BCUT2D eigenvalue weighted by atomic mass is 13.7. The van der Waals surface area contributed by atoms with Gasteiger partial charge in [-0.2, -0.15) is 0 Å². The number of hydrogen-bond donors (Lipinski definition) is 0. The summed E-state index contributed by atoms with van der Waals surface area (Å²) >= 11 is 0. The second-order valence-electron chi connectivity index (χ2n) is 2.78. The van der Waals surface area contributed by atoms with E-state index in [1.165, 1.54) is 18.4 Å². The molecule has 0 spiro atoms. The van der Waals surface area contributed by atoms with Gasteiger partial charge in [-0.15, -0.1) is 13.2 Å². The van der Waals surface area contributed by atoms with Crippen LogP contribution < -0.4 is 0 Å². The van der Waals surface area contributed by atoms with E-state index < -0.39 is 0 Å². The van der Waals surface area contributed by atoms with E-state index in [4.69, 9.17) is 0 Å². The van der Waals surface area contributed by atoms with Crippen LogP contribution in [0.1, 0.15) is 172 Å². The van der Waals surface area contributed by atoms with E-state index in [1.54, 1.807) is 0 Å². The molecule has 0 aliphatic rings. The van der Waals surface area contributed by atoms with Crippen LogP contribution in [0, 0.1) is 0 Å². The van der Waals surface area contributed by atoms with Crippen molar-refractivity contribution in [2.24, 2.45) is 0 Å². The highest BCUT2D eigenvalue weighted by Gasteiger charge is 1.60. The summed E-state index contributed by atoms with van der Waals surface area (Å²) in [4.78, 5) is 0. The van der Waals surface area contributed by atoms with Gasteiger partial charge in [-0.3, -0.25) is 0 Å². The van der Waals surface area contributed by atoms with Gasteiger partial charge in [0.15, 0.2) is 0 Å².